The van der Waals surface area contributed by atoms with E-state index in [9.17, 15) is 0 Å². The molecule has 0 aliphatic carbocycles. The van der Waals surface area contributed by atoms with Gasteiger partial charge in [-0.1, -0.05) is 25.1 Å². The first kappa shape index (κ1) is 12.6. The first-order valence-corrected chi connectivity index (χ1v) is 7.16. The van der Waals surface area contributed by atoms with Crippen molar-refractivity contribution >= 4 is 21.4 Å². The zero-order valence-corrected chi connectivity index (χ0v) is 11.1. The third kappa shape index (κ3) is 3.53. The van der Waals surface area contributed by atoms with Crippen molar-refractivity contribution in [3.8, 4) is 0 Å². The van der Waals surface area contributed by atoms with Crippen LogP contribution in [-0.2, 0) is 6.42 Å². The second-order valence-electron chi connectivity index (χ2n) is 4.11. The molecule has 0 atom stereocenters. The summed E-state index contributed by atoms with van der Waals surface area (Å²) in [5.74, 6) is 0. The molecule has 2 rings (SSSR count). The second kappa shape index (κ2) is 6.74. The zero-order chi connectivity index (χ0) is 11.9. The molecule has 0 aliphatic heterocycles. The Balaban J connectivity index is 1.79. The summed E-state index contributed by atoms with van der Waals surface area (Å²) in [4.78, 5) is 0. The van der Waals surface area contributed by atoms with E-state index in [1.807, 2.05) is 11.3 Å². The van der Waals surface area contributed by atoms with Crippen LogP contribution in [0.15, 0.2) is 29.6 Å². The molecule has 0 saturated heterocycles. The molecule has 0 unspecified atom stereocenters. The topological polar surface area (TPSA) is 24.1 Å². The van der Waals surface area contributed by atoms with Gasteiger partial charge in [0.2, 0.25) is 0 Å². The lowest BCUT2D eigenvalue weighted by atomic mass is 10.1. The molecule has 17 heavy (non-hydrogen) atoms. The van der Waals surface area contributed by atoms with E-state index in [0.29, 0.717) is 0 Å². The number of hydrogen-bond donors (Lipinski definition) is 2. The number of hydrogen-bond acceptors (Lipinski definition) is 3. The van der Waals surface area contributed by atoms with E-state index in [-0.39, 0.29) is 0 Å². The standard InChI is InChI=1S/C14H20N2S/c1-2-15-9-10-16-8-7-12-11-17-14-6-4-3-5-13(12)14/h3-6,11,15-16H,2,7-10H2,1H3. The number of nitrogens with one attached hydrogen (secondary N) is 2. The van der Waals surface area contributed by atoms with Crippen LogP contribution < -0.4 is 10.6 Å². The van der Waals surface area contributed by atoms with Gasteiger partial charge in [0.1, 0.15) is 0 Å². The van der Waals surface area contributed by atoms with Gasteiger partial charge in [0.05, 0.1) is 0 Å². The number of likely N-dealkylation sites (N-methyl/N-ethyl adjacent to an activating group) is 1. The van der Waals surface area contributed by atoms with Crippen molar-refractivity contribution in [2.24, 2.45) is 0 Å². The van der Waals surface area contributed by atoms with Crippen molar-refractivity contribution in [1.29, 1.82) is 0 Å². The van der Waals surface area contributed by atoms with Crippen LogP contribution in [0.3, 0.4) is 0 Å². The molecule has 0 aliphatic rings. The van der Waals surface area contributed by atoms with Crippen LogP contribution in [0.4, 0.5) is 0 Å². The third-order valence-electron chi connectivity index (χ3n) is 2.86. The van der Waals surface area contributed by atoms with Gasteiger partial charge < -0.3 is 10.6 Å². The lowest BCUT2D eigenvalue weighted by Gasteiger charge is -2.04. The quantitative estimate of drug-likeness (QED) is 0.736. The van der Waals surface area contributed by atoms with Crippen molar-refractivity contribution in [3.63, 3.8) is 0 Å². The second-order valence-corrected chi connectivity index (χ2v) is 5.02. The number of rotatable bonds is 7. The molecule has 0 spiro atoms. The van der Waals surface area contributed by atoms with E-state index in [2.05, 4.69) is 47.2 Å². The van der Waals surface area contributed by atoms with Crippen molar-refractivity contribution in [1.82, 2.24) is 10.6 Å². The van der Waals surface area contributed by atoms with Crippen molar-refractivity contribution in [2.45, 2.75) is 13.3 Å². The molecule has 1 heterocycles. The van der Waals surface area contributed by atoms with Crippen LogP contribution in [0, 0.1) is 0 Å². The Morgan fingerprint density at radius 2 is 1.88 bits per heavy atom. The van der Waals surface area contributed by atoms with Crippen molar-refractivity contribution in [2.75, 3.05) is 26.2 Å². The first-order chi connectivity index (χ1) is 8.42. The Labute approximate surface area is 107 Å². The monoisotopic (exact) mass is 248 g/mol. The van der Waals surface area contributed by atoms with E-state index < -0.39 is 0 Å². The summed E-state index contributed by atoms with van der Waals surface area (Å²) < 4.78 is 1.40. The SMILES string of the molecule is CCNCCNCCc1csc2ccccc12. The predicted octanol–water partition coefficient (Wildman–Crippen LogP) is 2.64. The van der Waals surface area contributed by atoms with E-state index in [1.54, 1.807) is 0 Å². The lowest BCUT2D eigenvalue weighted by molar-refractivity contribution is 0.625. The highest BCUT2D eigenvalue weighted by Gasteiger charge is 2.02. The van der Waals surface area contributed by atoms with Gasteiger partial charge in [-0.3, -0.25) is 0 Å². The highest BCUT2D eigenvalue weighted by Crippen LogP contribution is 2.25. The molecule has 0 bridgehead atoms. The van der Waals surface area contributed by atoms with Gasteiger partial charge in [-0.25, -0.2) is 0 Å². The summed E-state index contributed by atoms with van der Waals surface area (Å²) in [7, 11) is 0. The highest BCUT2D eigenvalue weighted by molar-refractivity contribution is 7.17. The minimum atomic E-state index is 1.05. The Bertz CT molecular complexity index is 450. The Morgan fingerprint density at radius 1 is 1.06 bits per heavy atom. The van der Waals surface area contributed by atoms with Gasteiger partial charge >= 0.3 is 0 Å². The fraction of sp³-hybridized carbons (Fsp3) is 0.429. The smallest absolute Gasteiger partial charge is 0.0345 e. The van der Waals surface area contributed by atoms with Gasteiger partial charge in [-0.05, 0) is 41.9 Å². The fourth-order valence-electron chi connectivity index (χ4n) is 1.93. The zero-order valence-electron chi connectivity index (χ0n) is 10.3. The molecule has 0 fully saturated rings. The molecule has 92 valence electrons. The molecule has 3 heteroatoms. The van der Waals surface area contributed by atoms with Crippen LogP contribution in [-0.4, -0.2) is 26.2 Å². The van der Waals surface area contributed by atoms with Gasteiger partial charge in [-0.15, -0.1) is 11.3 Å². The average Bonchev–Trinajstić information content (AvgIpc) is 2.77. The minimum absolute atomic E-state index is 1.05. The maximum Gasteiger partial charge on any atom is 0.0345 e. The molecule has 0 amide bonds. The first-order valence-electron chi connectivity index (χ1n) is 6.28. The maximum atomic E-state index is 3.47. The largest absolute Gasteiger partial charge is 0.316 e. The van der Waals surface area contributed by atoms with E-state index in [0.717, 1.165) is 32.6 Å². The van der Waals surface area contributed by atoms with Crippen LogP contribution in [0.5, 0.6) is 0 Å². The molecule has 2 N–H and O–H groups in total. The molecule has 2 aromatic rings. The molecule has 1 aromatic carbocycles. The molecular formula is C14H20N2S. The average molecular weight is 248 g/mol. The van der Waals surface area contributed by atoms with E-state index >= 15 is 0 Å². The van der Waals surface area contributed by atoms with E-state index in [1.165, 1.54) is 15.6 Å². The molecule has 0 saturated carbocycles. The molecule has 2 nitrogen and oxygen atoms in total. The Kier molecular flexibility index (Phi) is 4.98. The minimum Gasteiger partial charge on any atom is -0.316 e. The maximum absolute atomic E-state index is 3.47. The molecule has 1 aromatic heterocycles. The predicted molar refractivity (Wildman–Crippen MR) is 76.9 cm³/mol. The number of fused-ring (bicyclic) bond motifs is 1. The highest BCUT2D eigenvalue weighted by atomic mass is 32.1. The summed E-state index contributed by atoms with van der Waals surface area (Å²) in [5, 5.41) is 10.5. The van der Waals surface area contributed by atoms with E-state index in [4.69, 9.17) is 0 Å². The van der Waals surface area contributed by atoms with Crippen LogP contribution in [0.2, 0.25) is 0 Å². The van der Waals surface area contributed by atoms with Gasteiger partial charge in [0.15, 0.2) is 0 Å². The summed E-state index contributed by atoms with van der Waals surface area (Å²) in [5.41, 5.74) is 1.47. The summed E-state index contributed by atoms with van der Waals surface area (Å²) in [6.07, 6.45) is 1.12. The van der Waals surface area contributed by atoms with Gasteiger partial charge in [0, 0.05) is 17.8 Å². The molecular weight excluding hydrogens is 228 g/mol. The number of thiophene rings is 1. The third-order valence-corrected chi connectivity index (χ3v) is 3.87. The van der Waals surface area contributed by atoms with Gasteiger partial charge in [0.25, 0.3) is 0 Å². The molecule has 0 radical (unpaired) electrons. The van der Waals surface area contributed by atoms with Crippen LogP contribution >= 0.6 is 11.3 Å². The lowest BCUT2D eigenvalue weighted by Crippen LogP contribution is -2.28. The summed E-state index contributed by atoms with van der Waals surface area (Å²) in [6.45, 7) is 6.36. The summed E-state index contributed by atoms with van der Waals surface area (Å²) >= 11 is 1.85. The normalized spacial score (nSPS) is 11.1. The van der Waals surface area contributed by atoms with Crippen LogP contribution in [0.25, 0.3) is 10.1 Å². The van der Waals surface area contributed by atoms with Crippen molar-refractivity contribution in [3.05, 3.63) is 35.2 Å². The number of benzene rings is 1. The van der Waals surface area contributed by atoms with Gasteiger partial charge in [-0.2, -0.15) is 0 Å². The fourth-order valence-corrected chi connectivity index (χ4v) is 2.93. The Hall–Kier alpha value is -0.900. The summed E-state index contributed by atoms with van der Waals surface area (Å²) in [6, 6.07) is 8.65. The Morgan fingerprint density at radius 3 is 2.76 bits per heavy atom. The van der Waals surface area contributed by atoms with Crippen molar-refractivity contribution < 1.29 is 0 Å². The van der Waals surface area contributed by atoms with Crippen LogP contribution in [0.1, 0.15) is 12.5 Å².